The molecule has 190 valence electrons. The Labute approximate surface area is 230 Å². The third-order valence-electron chi connectivity index (χ3n) is 7.18. The largest absolute Gasteiger partial charge is 0.340 e. The number of aryl methyl sites for hydroxylation is 1. The standard InChI is InChI=1S/C36H31N3/c1-2-3-4-11-20-39-35-23-27(21-31(25-37)29-12-7-5-8-13-29)16-18-33(35)34-19-17-28(24-36(34)39)22-32(26-38)30-14-9-6-10-15-30/h5-10,12-19,21-24H,2-4,11,20H2,1H3. The molecule has 0 atom stereocenters. The van der Waals surface area contributed by atoms with Crippen molar-refractivity contribution in [1.29, 1.82) is 10.5 Å². The van der Waals surface area contributed by atoms with Gasteiger partial charge in [-0.1, -0.05) is 111 Å². The Morgan fingerprint density at radius 1 is 0.641 bits per heavy atom. The summed E-state index contributed by atoms with van der Waals surface area (Å²) in [6.07, 6.45) is 8.67. The van der Waals surface area contributed by atoms with Crippen LogP contribution in [0.3, 0.4) is 0 Å². The predicted molar refractivity (Wildman–Crippen MR) is 163 cm³/mol. The molecule has 0 fully saturated rings. The second kappa shape index (κ2) is 12.1. The van der Waals surface area contributed by atoms with Gasteiger partial charge >= 0.3 is 0 Å². The first kappa shape index (κ1) is 25.8. The third kappa shape index (κ3) is 5.69. The molecule has 0 radical (unpaired) electrons. The first-order chi connectivity index (χ1) is 19.2. The SMILES string of the molecule is CCCCCCn1c2cc(C=C(C#N)c3ccccc3)ccc2c2ccc(C=C(C#N)c3ccccc3)cc21. The number of hydrogen-bond donors (Lipinski definition) is 0. The van der Waals surface area contributed by atoms with Crippen molar-refractivity contribution in [3.63, 3.8) is 0 Å². The van der Waals surface area contributed by atoms with Crippen LogP contribution in [0.25, 0.3) is 45.1 Å². The maximum atomic E-state index is 9.84. The van der Waals surface area contributed by atoms with Crippen molar-refractivity contribution >= 4 is 45.1 Å². The number of rotatable bonds is 9. The Morgan fingerprint density at radius 2 is 1.13 bits per heavy atom. The van der Waals surface area contributed by atoms with E-state index in [2.05, 4.69) is 60.0 Å². The number of allylic oxidation sites excluding steroid dienone is 2. The molecule has 0 aliphatic carbocycles. The van der Waals surface area contributed by atoms with E-state index < -0.39 is 0 Å². The molecule has 1 aromatic heterocycles. The Morgan fingerprint density at radius 3 is 1.56 bits per heavy atom. The smallest absolute Gasteiger partial charge is 0.0998 e. The van der Waals surface area contributed by atoms with E-state index in [0.29, 0.717) is 11.1 Å². The molecule has 0 saturated carbocycles. The third-order valence-corrected chi connectivity index (χ3v) is 7.18. The fraction of sp³-hybridized carbons (Fsp3) is 0.167. The van der Waals surface area contributed by atoms with Crippen LogP contribution < -0.4 is 0 Å². The molecule has 0 bridgehead atoms. The highest BCUT2D eigenvalue weighted by Gasteiger charge is 2.13. The summed E-state index contributed by atoms with van der Waals surface area (Å²) < 4.78 is 2.41. The Bertz CT molecular complexity index is 1620. The summed E-state index contributed by atoms with van der Waals surface area (Å²) in [7, 11) is 0. The van der Waals surface area contributed by atoms with Gasteiger partial charge in [0.25, 0.3) is 0 Å². The van der Waals surface area contributed by atoms with Crippen LogP contribution in [0, 0.1) is 22.7 Å². The highest BCUT2D eigenvalue weighted by molar-refractivity contribution is 6.09. The van der Waals surface area contributed by atoms with Crippen molar-refractivity contribution in [3.05, 3.63) is 119 Å². The van der Waals surface area contributed by atoms with Crippen LogP contribution in [0.15, 0.2) is 97.1 Å². The normalized spacial score (nSPS) is 12.0. The van der Waals surface area contributed by atoms with Crippen molar-refractivity contribution in [3.8, 4) is 12.1 Å². The quantitative estimate of drug-likeness (QED) is 0.114. The van der Waals surface area contributed by atoms with Crippen LogP contribution in [-0.2, 0) is 6.54 Å². The number of nitriles is 2. The summed E-state index contributed by atoms with van der Waals surface area (Å²) in [5.74, 6) is 0. The van der Waals surface area contributed by atoms with Crippen molar-refractivity contribution in [1.82, 2.24) is 4.57 Å². The Kier molecular flexibility index (Phi) is 8.01. The number of unbranched alkanes of at least 4 members (excludes halogenated alkanes) is 3. The summed E-state index contributed by atoms with van der Waals surface area (Å²) in [6, 6.07) is 37.3. The second-order valence-corrected chi connectivity index (χ2v) is 9.84. The maximum absolute atomic E-state index is 9.84. The van der Waals surface area contributed by atoms with Crippen LogP contribution in [0.4, 0.5) is 0 Å². The van der Waals surface area contributed by atoms with E-state index >= 15 is 0 Å². The number of aromatic nitrogens is 1. The minimum atomic E-state index is 0.651. The van der Waals surface area contributed by atoms with Crippen LogP contribution in [0.2, 0.25) is 0 Å². The fourth-order valence-corrected chi connectivity index (χ4v) is 5.18. The number of nitrogens with zero attached hydrogens (tertiary/aromatic N) is 3. The first-order valence-electron chi connectivity index (χ1n) is 13.6. The lowest BCUT2D eigenvalue weighted by Crippen LogP contribution is -1.98. The molecule has 3 nitrogen and oxygen atoms in total. The average molecular weight is 506 g/mol. The van der Waals surface area contributed by atoms with E-state index in [1.165, 1.54) is 41.1 Å². The number of fused-ring (bicyclic) bond motifs is 3. The van der Waals surface area contributed by atoms with E-state index in [-0.39, 0.29) is 0 Å². The molecule has 5 rings (SSSR count). The van der Waals surface area contributed by atoms with Gasteiger partial charge in [-0.2, -0.15) is 10.5 Å². The Balaban J connectivity index is 1.62. The lowest BCUT2D eigenvalue weighted by Gasteiger charge is -2.09. The fourth-order valence-electron chi connectivity index (χ4n) is 5.18. The summed E-state index contributed by atoms with van der Waals surface area (Å²) in [4.78, 5) is 0. The zero-order valence-corrected chi connectivity index (χ0v) is 22.3. The zero-order chi connectivity index (χ0) is 27.0. The number of benzene rings is 4. The van der Waals surface area contributed by atoms with Gasteiger partial charge in [-0.15, -0.1) is 0 Å². The summed E-state index contributed by atoms with van der Waals surface area (Å²) in [6.45, 7) is 3.16. The van der Waals surface area contributed by atoms with Gasteiger partial charge in [-0.05, 0) is 53.0 Å². The van der Waals surface area contributed by atoms with Crippen LogP contribution >= 0.6 is 0 Å². The van der Waals surface area contributed by atoms with E-state index in [9.17, 15) is 10.5 Å². The minimum absolute atomic E-state index is 0.651. The van der Waals surface area contributed by atoms with Gasteiger partial charge in [0.2, 0.25) is 0 Å². The molecule has 1 heterocycles. The van der Waals surface area contributed by atoms with E-state index in [0.717, 1.165) is 35.2 Å². The Hall–Kier alpha value is -4.86. The van der Waals surface area contributed by atoms with Crippen molar-refractivity contribution in [2.75, 3.05) is 0 Å². The summed E-state index contributed by atoms with van der Waals surface area (Å²) >= 11 is 0. The highest BCUT2D eigenvalue weighted by Crippen LogP contribution is 2.33. The van der Waals surface area contributed by atoms with Crippen LogP contribution in [0.1, 0.15) is 54.9 Å². The zero-order valence-electron chi connectivity index (χ0n) is 22.3. The molecule has 5 aromatic rings. The minimum Gasteiger partial charge on any atom is -0.340 e. The van der Waals surface area contributed by atoms with E-state index in [4.69, 9.17) is 0 Å². The summed E-state index contributed by atoms with van der Waals surface area (Å²) in [5, 5.41) is 22.1. The molecule has 0 amide bonds. The lowest BCUT2D eigenvalue weighted by atomic mass is 10.0. The molecule has 4 aromatic carbocycles. The van der Waals surface area contributed by atoms with Gasteiger partial charge in [0.1, 0.15) is 0 Å². The molecule has 3 heteroatoms. The second-order valence-electron chi connectivity index (χ2n) is 9.84. The van der Waals surface area contributed by atoms with Gasteiger partial charge in [0.05, 0.1) is 23.3 Å². The average Bonchev–Trinajstić information content (AvgIpc) is 3.29. The maximum Gasteiger partial charge on any atom is 0.0998 e. The molecular weight excluding hydrogens is 474 g/mol. The van der Waals surface area contributed by atoms with Gasteiger partial charge in [0, 0.05) is 28.4 Å². The van der Waals surface area contributed by atoms with Gasteiger partial charge in [-0.3, -0.25) is 0 Å². The molecule has 39 heavy (non-hydrogen) atoms. The topological polar surface area (TPSA) is 52.5 Å². The lowest BCUT2D eigenvalue weighted by molar-refractivity contribution is 0.602. The number of hydrogen-bond acceptors (Lipinski definition) is 2. The first-order valence-corrected chi connectivity index (χ1v) is 13.6. The summed E-state index contributed by atoms with van der Waals surface area (Å²) in [5.41, 5.74) is 7.51. The van der Waals surface area contributed by atoms with E-state index in [1.54, 1.807) is 0 Å². The van der Waals surface area contributed by atoms with Crippen molar-refractivity contribution in [2.45, 2.75) is 39.2 Å². The monoisotopic (exact) mass is 505 g/mol. The van der Waals surface area contributed by atoms with Gasteiger partial charge in [0.15, 0.2) is 0 Å². The van der Waals surface area contributed by atoms with Crippen LogP contribution in [-0.4, -0.2) is 4.57 Å². The van der Waals surface area contributed by atoms with E-state index in [1.807, 2.05) is 72.8 Å². The van der Waals surface area contributed by atoms with Crippen LogP contribution in [0.5, 0.6) is 0 Å². The molecule has 0 aliphatic heterocycles. The highest BCUT2D eigenvalue weighted by atomic mass is 15.0. The molecule has 0 N–H and O–H groups in total. The predicted octanol–water partition coefficient (Wildman–Crippen LogP) is 9.50. The van der Waals surface area contributed by atoms with Gasteiger partial charge < -0.3 is 4.57 Å². The molecule has 0 spiro atoms. The molecular formula is C36H31N3. The van der Waals surface area contributed by atoms with Crippen molar-refractivity contribution < 1.29 is 0 Å². The molecule has 0 saturated heterocycles. The molecule has 0 aliphatic rings. The van der Waals surface area contributed by atoms with Crippen molar-refractivity contribution in [2.24, 2.45) is 0 Å². The molecule has 0 unspecified atom stereocenters. The van der Waals surface area contributed by atoms with Gasteiger partial charge in [-0.25, -0.2) is 0 Å².